The molecule has 0 spiro atoms. The Hall–Kier alpha value is -2.56. The minimum absolute atomic E-state index is 0. The van der Waals surface area contributed by atoms with E-state index in [2.05, 4.69) is 11.8 Å². The zero-order valence-corrected chi connectivity index (χ0v) is 26.4. The second-order valence-corrected chi connectivity index (χ2v) is 11.0. The van der Waals surface area contributed by atoms with Crippen LogP contribution in [-0.4, -0.2) is 91.8 Å². The quantitative estimate of drug-likeness (QED) is 0.267. The van der Waals surface area contributed by atoms with Gasteiger partial charge in [-0.3, -0.25) is 14.6 Å². The van der Waals surface area contributed by atoms with E-state index in [1.807, 2.05) is 41.8 Å². The van der Waals surface area contributed by atoms with Crippen LogP contribution in [0.25, 0.3) is 0 Å². The smallest absolute Gasteiger partial charge is 0.373 e. The zero-order valence-electron chi connectivity index (χ0n) is 24.8. The third kappa shape index (κ3) is 10.5. The molecule has 45 heavy (non-hydrogen) atoms. The normalized spacial score (nSPS) is 19.6. The number of benzene rings is 2. The number of hydrogen-bond donors (Lipinski definition) is 0. The molecule has 2 saturated heterocycles. The van der Waals surface area contributed by atoms with Gasteiger partial charge in [0, 0.05) is 44.3 Å². The van der Waals surface area contributed by atoms with Gasteiger partial charge >= 0.3 is 12.4 Å². The lowest BCUT2D eigenvalue weighted by atomic mass is 9.97. The van der Waals surface area contributed by atoms with E-state index in [-0.39, 0.29) is 37.4 Å². The van der Waals surface area contributed by atoms with Crippen LogP contribution < -0.4 is 0 Å². The summed E-state index contributed by atoms with van der Waals surface area (Å²) in [5.74, 6) is 5.31. The Morgan fingerprint density at radius 2 is 1.44 bits per heavy atom. The van der Waals surface area contributed by atoms with E-state index in [9.17, 15) is 35.5 Å². The van der Waals surface area contributed by atoms with Crippen molar-refractivity contribution in [1.82, 2.24) is 14.7 Å². The lowest BCUT2D eigenvalue weighted by molar-refractivity contribution is -0.143. The molecule has 2 fully saturated rings. The van der Waals surface area contributed by atoms with Crippen molar-refractivity contribution in [1.29, 1.82) is 0 Å². The number of carbonyl (C=O) groups excluding carboxylic acids is 1. The van der Waals surface area contributed by atoms with Crippen molar-refractivity contribution >= 4 is 30.7 Å². The number of carbonyl (C=O) groups is 1. The standard InChI is InChI=1S/C31H34F7N3O2.2ClH/c1-21-5-6-23(13-22(21)2)14-27-19-39(7-3-4-8-40-11-12-43-28(18-32)20-40)9-10-41(27)29(42)24-15-25(30(33,34)35)17-26(16-24)31(36,37)38;;/h5-6,13,15-17,27-28H,7-12,14,18-20H2,1-2H3;2*1H/t27-,28?;;/m1../s1. The third-order valence-corrected chi connectivity index (χ3v) is 7.83. The molecule has 2 atom stereocenters. The molecule has 0 bridgehead atoms. The van der Waals surface area contributed by atoms with Crippen molar-refractivity contribution < 1.29 is 40.3 Å². The molecule has 1 amide bonds. The minimum Gasteiger partial charge on any atom is -0.373 e. The predicted molar refractivity (Wildman–Crippen MR) is 162 cm³/mol. The van der Waals surface area contributed by atoms with Crippen molar-refractivity contribution in [2.45, 2.75) is 44.8 Å². The van der Waals surface area contributed by atoms with Crippen LogP contribution in [0.5, 0.6) is 0 Å². The summed E-state index contributed by atoms with van der Waals surface area (Å²) in [5, 5.41) is 0. The van der Waals surface area contributed by atoms with Crippen molar-refractivity contribution in [2.24, 2.45) is 0 Å². The van der Waals surface area contributed by atoms with E-state index in [1.54, 1.807) is 0 Å². The summed E-state index contributed by atoms with van der Waals surface area (Å²) < 4.78 is 99.2. The first-order valence-corrected chi connectivity index (χ1v) is 14.0. The molecule has 14 heteroatoms. The number of nitrogens with zero attached hydrogens (tertiary/aromatic N) is 3. The second kappa shape index (κ2) is 16.3. The molecule has 4 rings (SSSR count). The highest BCUT2D eigenvalue weighted by Crippen LogP contribution is 2.37. The summed E-state index contributed by atoms with van der Waals surface area (Å²) in [7, 11) is 0. The highest BCUT2D eigenvalue weighted by atomic mass is 35.5. The van der Waals surface area contributed by atoms with Gasteiger partial charge in [-0.2, -0.15) is 26.3 Å². The van der Waals surface area contributed by atoms with Crippen LogP contribution in [-0.2, 0) is 23.5 Å². The SMILES string of the molecule is Cc1ccc(C[C@@H]2CN(CC#CCN3CCOC(CF)C3)CCN2C(=O)c2cc(C(F)(F)F)cc(C(F)(F)F)c2)cc1C.Cl.Cl. The number of rotatable bonds is 6. The van der Waals surface area contributed by atoms with Gasteiger partial charge in [-0.15, -0.1) is 24.8 Å². The Morgan fingerprint density at radius 1 is 0.844 bits per heavy atom. The molecule has 1 unspecified atom stereocenters. The van der Waals surface area contributed by atoms with Crippen molar-refractivity contribution in [3.63, 3.8) is 0 Å². The molecule has 0 radical (unpaired) electrons. The molecule has 250 valence electrons. The fourth-order valence-corrected chi connectivity index (χ4v) is 5.30. The maximum Gasteiger partial charge on any atom is 0.416 e. The first kappa shape index (κ1) is 38.6. The summed E-state index contributed by atoms with van der Waals surface area (Å²) in [4.78, 5) is 19.0. The summed E-state index contributed by atoms with van der Waals surface area (Å²) in [5.41, 5.74) is -0.711. The van der Waals surface area contributed by atoms with Gasteiger partial charge in [-0.05, 0) is 55.2 Å². The molecule has 2 aliphatic heterocycles. The lowest BCUT2D eigenvalue weighted by Crippen LogP contribution is -2.56. The van der Waals surface area contributed by atoms with Gasteiger partial charge in [0.25, 0.3) is 5.91 Å². The predicted octanol–water partition coefficient (Wildman–Crippen LogP) is 6.23. The molecule has 2 aromatic carbocycles. The van der Waals surface area contributed by atoms with Crippen LogP contribution in [0.3, 0.4) is 0 Å². The first-order valence-electron chi connectivity index (χ1n) is 14.0. The molecule has 2 aromatic rings. The van der Waals surface area contributed by atoms with Gasteiger partial charge in [0.15, 0.2) is 0 Å². The number of ether oxygens (including phenoxy) is 1. The summed E-state index contributed by atoms with van der Waals surface area (Å²) in [6, 6.07) is 6.29. The van der Waals surface area contributed by atoms with Crippen LogP contribution >= 0.6 is 24.8 Å². The van der Waals surface area contributed by atoms with Crippen LogP contribution in [0.15, 0.2) is 36.4 Å². The minimum atomic E-state index is -5.06. The van der Waals surface area contributed by atoms with Gasteiger partial charge < -0.3 is 9.64 Å². The van der Waals surface area contributed by atoms with E-state index in [1.165, 1.54) is 4.90 Å². The monoisotopic (exact) mass is 685 g/mol. The molecule has 0 N–H and O–H groups in total. The van der Waals surface area contributed by atoms with Crippen molar-refractivity contribution in [3.8, 4) is 11.8 Å². The molecule has 0 saturated carbocycles. The van der Waals surface area contributed by atoms with E-state index in [4.69, 9.17) is 4.74 Å². The molecule has 2 aliphatic rings. The van der Waals surface area contributed by atoms with Gasteiger partial charge in [0.2, 0.25) is 0 Å². The van der Waals surface area contributed by atoms with Gasteiger partial charge in [0.05, 0.1) is 36.9 Å². The maximum atomic E-state index is 13.6. The number of morpholine rings is 1. The Labute approximate surface area is 270 Å². The Bertz CT molecular complexity index is 1330. The number of amides is 1. The highest BCUT2D eigenvalue weighted by Gasteiger charge is 2.39. The van der Waals surface area contributed by atoms with E-state index >= 15 is 0 Å². The Balaban J connectivity index is 0.00000353. The van der Waals surface area contributed by atoms with Crippen LogP contribution in [0, 0.1) is 25.7 Å². The summed E-state index contributed by atoms with van der Waals surface area (Å²) in [6.07, 6.45) is -10.2. The number of halogens is 9. The largest absolute Gasteiger partial charge is 0.416 e. The molecule has 2 heterocycles. The average molecular weight is 687 g/mol. The highest BCUT2D eigenvalue weighted by molar-refractivity contribution is 5.95. The second-order valence-electron chi connectivity index (χ2n) is 11.0. The summed E-state index contributed by atoms with van der Waals surface area (Å²) >= 11 is 0. The topological polar surface area (TPSA) is 36.0 Å². The lowest BCUT2D eigenvalue weighted by Gasteiger charge is -2.41. The molecule has 0 aliphatic carbocycles. The van der Waals surface area contributed by atoms with E-state index < -0.39 is 53.8 Å². The number of alkyl halides is 7. The van der Waals surface area contributed by atoms with Gasteiger partial charge in [-0.25, -0.2) is 4.39 Å². The maximum absolute atomic E-state index is 13.6. The van der Waals surface area contributed by atoms with Gasteiger partial charge in [-0.1, -0.05) is 30.0 Å². The number of aryl methyl sites for hydroxylation is 2. The average Bonchev–Trinajstić information content (AvgIpc) is 2.96. The van der Waals surface area contributed by atoms with E-state index in [0.717, 1.165) is 16.7 Å². The van der Waals surface area contributed by atoms with Crippen molar-refractivity contribution in [2.75, 3.05) is 59.1 Å². The Morgan fingerprint density at radius 3 is 2.00 bits per heavy atom. The molecular formula is C31H36Cl2F7N3O2. The van der Waals surface area contributed by atoms with Crippen LogP contribution in [0.1, 0.15) is 38.2 Å². The van der Waals surface area contributed by atoms with E-state index in [0.29, 0.717) is 64.4 Å². The zero-order chi connectivity index (χ0) is 31.4. The third-order valence-electron chi connectivity index (χ3n) is 7.83. The fourth-order valence-electron chi connectivity index (χ4n) is 5.30. The molecule has 0 aromatic heterocycles. The number of piperazine rings is 1. The first-order chi connectivity index (χ1) is 20.2. The number of hydrogen-bond acceptors (Lipinski definition) is 4. The molecular weight excluding hydrogens is 650 g/mol. The van der Waals surface area contributed by atoms with Crippen LogP contribution in [0.2, 0.25) is 0 Å². The van der Waals surface area contributed by atoms with Gasteiger partial charge in [0.1, 0.15) is 6.67 Å². The summed E-state index contributed by atoms with van der Waals surface area (Å²) in [6.45, 7) is 6.46. The fraction of sp³-hybridized carbons (Fsp3) is 0.516. The van der Waals surface area contributed by atoms with Crippen molar-refractivity contribution in [3.05, 3.63) is 69.8 Å². The molecule has 5 nitrogen and oxygen atoms in total. The van der Waals surface area contributed by atoms with Crippen LogP contribution in [0.4, 0.5) is 30.7 Å². The Kier molecular flexibility index (Phi) is 14.0.